The van der Waals surface area contributed by atoms with Crippen molar-refractivity contribution in [3.05, 3.63) is 23.5 Å². The van der Waals surface area contributed by atoms with Crippen molar-refractivity contribution in [3.8, 4) is 0 Å². The minimum Gasteiger partial charge on any atom is -0.400 e. The van der Waals surface area contributed by atoms with Crippen LogP contribution in [0.4, 0.5) is 5.82 Å². The van der Waals surface area contributed by atoms with Crippen molar-refractivity contribution in [1.29, 1.82) is 0 Å². The predicted octanol–water partition coefficient (Wildman–Crippen LogP) is 2.70. The summed E-state index contributed by atoms with van der Waals surface area (Å²) in [5.74, 6) is 1.43. The SMILES string of the molecule is COCCN(C)CCOC.N/C(=C1\NC=Nc2[nH]ccc21)C1CCCCC1. The third kappa shape index (κ3) is 6.68. The highest BCUT2D eigenvalue weighted by Crippen LogP contribution is 2.33. The maximum atomic E-state index is 6.34. The van der Waals surface area contributed by atoms with Gasteiger partial charge in [-0.15, -0.1) is 0 Å². The van der Waals surface area contributed by atoms with E-state index >= 15 is 0 Å². The number of hydrogen-bond donors (Lipinski definition) is 3. The molecule has 7 nitrogen and oxygen atoms in total. The number of fused-ring (bicyclic) bond motifs is 1. The molecule has 1 fully saturated rings. The van der Waals surface area contributed by atoms with Gasteiger partial charge in [0.2, 0.25) is 0 Å². The molecule has 7 heteroatoms. The van der Waals surface area contributed by atoms with Crippen molar-refractivity contribution in [3.63, 3.8) is 0 Å². The van der Waals surface area contributed by atoms with Gasteiger partial charge in [-0.05, 0) is 26.0 Å². The van der Waals surface area contributed by atoms with E-state index in [1.807, 2.05) is 12.3 Å². The second-order valence-electron chi connectivity index (χ2n) is 7.10. The van der Waals surface area contributed by atoms with Crippen LogP contribution in [0.2, 0.25) is 0 Å². The number of nitrogens with two attached hydrogens (primary N) is 1. The number of rotatable bonds is 7. The van der Waals surface area contributed by atoms with Crippen molar-refractivity contribution >= 4 is 17.9 Å². The van der Waals surface area contributed by atoms with E-state index in [2.05, 4.69) is 27.2 Å². The Kier molecular flexibility index (Phi) is 9.38. The molecule has 0 atom stereocenters. The predicted molar refractivity (Wildman–Crippen MR) is 111 cm³/mol. The molecule has 0 unspecified atom stereocenters. The van der Waals surface area contributed by atoms with Gasteiger partial charge in [0.15, 0.2) is 0 Å². The lowest BCUT2D eigenvalue weighted by molar-refractivity contribution is 0.128. The summed E-state index contributed by atoms with van der Waals surface area (Å²) in [5, 5.41) is 3.20. The first-order valence-corrected chi connectivity index (χ1v) is 9.80. The molecule has 0 spiro atoms. The van der Waals surface area contributed by atoms with Crippen LogP contribution in [-0.2, 0) is 9.47 Å². The molecular weight excluding hydrogens is 342 g/mol. The summed E-state index contributed by atoms with van der Waals surface area (Å²) < 4.78 is 9.82. The second-order valence-corrected chi connectivity index (χ2v) is 7.10. The Labute approximate surface area is 163 Å². The monoisotopic (exact) mass is 377 g/mol. The van der Waals surface area contributed by atoms with Gasteiger partial charge in [0.1, 0.15) is 5.82 Å². The molecule has 0 bridgehead atoms. The van der Waals surface area contributed by atoms with E-state index in [1.165, 1.54) is 32.1 Å². The highest BCUT2D eigenvalue weighted by Gasteiger charge is 2.22. The van der Waals surface area contributed by atoms with Gasteiger partial charge in [-0.2, -0.15) is 0 Å². The van der Waals surface area contributed by atoms with Gasteiger partial charge in [0, 0.05) is 50.7 Å². The molecule has 152 valence electrons. The van der Waals surface area contributed by atoms with Gasteiger partial charge < -0.3 is 30.4 Å². The molecule has 0 saturated heterocycles. The second kappa shape index (κ2) is 11.8. The Morgan fingerprint density at radius 2 is 1.85 bits per heavy atom. The zero-order valence-corrected chi connectivity index (χ0v) is 17.0. The molecule has 0 aromatic carbocycles. The van der Waals surface area contributed by atoms with Crippen molar-refractivity contribution < 1.29 is 9.47 Å². The average molecular weight is 378 g/mol. The minimum absolute atomic E-state index is 0.528. The van der Waals surface area contributed by atoms with E-state index in [0.717, 1.165) is 49.1 Å². The van der Waals surface area contributed by atoms with Crippen LogP contribution in [0.5, 0.6) is 0 Å². The molecule has 1 saturated carbocycles. The number of ether oxygens (including phenoxy) is 2. The zero-order chi connectivity index (χ0) is 19.5. The Hall–Kier alpha value is -1.83. The first-order valence-electron chi connectivity index (χ1n) is 9.80. The Morgan fingerprint density at radius 3 is 2.48 bits per heavy atom. The summed E-state index contributed by atoms with van der Waals surface area (Å²) in [6.45, 7) is 3.53. The van der Waals surface area contributed by atoms with Crippen LogP contribution in [0.1, 0.15) is 37.7 Å². The Morgan fingerprint density at radius 1 is 1.19 bits per heavy atom. The number of nitrogens with one attached hydrogen (secondary N) is 2. The lowest BCUT2D eigenvalue weighted by Crippen LogP contribution is -2.26. The first kappa shape index (κ1) is 21.5. The molecule has 4 N–H and O–H groups in total. The zero-order valence-electron chi connectivity index (χ0n) is 17.0. The standard InChI is InChI=1S/C13H18N4.C7H17NO2/c14-11(9-4-2-1-3-5-9)12-10-6-7-15-13(10)17-8-16-12;1-8(4-6-9-2)5-7-10-3/h6-9,15H,1-5,14H2,(H,16,17);4-7H2,1-3H3/b12-11-;. The number of H-pyrrole nitrogens is 1. The summed E-state index contributed by atoms with van der Waals surface area (Å²) >= 11 is 0. The Bertz CT molecular complexity index is 597. The maximum absolute atomic E-state index is 6.34. The molecule has 2 heterocycles. The van der Waals surface area contributed by atoms with Gasteiger partial charge in [-0.25, -0.2) is 4.99 Å². The molecule has 1 aromatic heterocycles. The van der Waals surface area contributed by atoms with Gasteiger partial charge >= 0.3 is 0 Å². The van der Waals surface area contributed by atoms with Crippen LogP contribution < -0.4 is 11.1 Å². The molecule has 0 amide bonds. The lowest BCUT2D eigenvalue weighted by atomic mass is 9.85. The maximum Gasteiger partial charge on any atom is 0.141 e. The number of likely N-dealkylation sites (N-methyl/N-ethyl adjacent to an activating group) is 1. The highest BCUT2D eigenvalue weighted by atomic mass is 16.5. The molecule has 0 radical (unpaired) electrons. The van der Waals surface area contributed by atoms with Gasteiger partial charge in [0.05, 0.1) is 25.2 Å². The smallest absolute Gasteiger partial charge is 0.141 e. The fourth-order valence-corrected chi connectivity index (χ4v) is 3.37. The fraction of sp³-hybridized carbons (Fsp3) is 0.650. The third-order valence-corrected chi connectivity index (χ3v) is 5.08. The van der Waals surface area contributed by atoms with E-state index < -0.39 is 0 Å². The van der Waals surface area contributed by atoms with Crippen LogP contribution in [0, 0.1) is 5.92 Å². The summed E-state index contributed by atoms with van der Waals surface area (Å²) in [6.07, 6.45) is 10.00. The quantitative estimate of drug-likeness (QED) is 0.680. The molecule has 3 rings (SSSR count). The summed E-state index contributed by atoms with van der Waals surface area (Å²) in [6, 6.07) is 2.03. The van der Waals surface area contributed by atoms with Crippen LogP contribution >= 0.6 is 0 Å². The fourth-order valence-electron chi connectivity index (χ4n) is 3.37. The largest absolute Gasteiger partial charge is 0.400 e. The highest BCUT2D eigenvalue weighted by molar-refractivity contribution is 5.87. The molecular formula is C20H35N5O2. The molecule has 1 aliphatic carbocycles. The van der Waals surface area contributed by atoms with Crippen molar-refractivity contribution in [2.24, 2.45) is 16.6 Å². The van der Waals surface area contributed by atoms with E-state index in [-0.39, 0.29) is 0 Å². The van der Waals surface area contributed by atoms with E-state index in [9.17, 15) is 0 Å². The number of methoxy groups -OCH3 is 2. The number of allylic oxidation sites excluding steroid dienone is 1. The summed E-state index contributed by atoms with van der Waals surface area (Å²) in [5.41, 5.74) is 9.47. The van der Waals surface area contributed by atoms with Gasteiger partial charge in [-0.3, -0.25) is 0 Å². The number of aliphatic imine (C=N–C) groups is 1. The van der Waals surface area contributed by atoms with Crippen LogP contribution in [-0.4, -0.2) is 63.8 Å². The summed E-state index contributed by atoms with van der Waals surface area (Å²) in [4.78, 5) is 9.54. The van der Waals surface area contributed by atoms with E-state index in [0.29, 0.717) is 5.92 Å². The van der Waals surface area contributed by atoms with E-state index in [1.54, 1.807) is 20.6 Å². The minimum atomic E-state index is 0.528. The number of aromatic amines is 1. The van der Waals surface area contributed by atoms with Crippen LogP contribution in [0.3, 0.4) is 0 Å². The lowest BCUT2D eigenvalue weighted by Gasteiger charge is -2.25. The van der Waals surface area contributed by atoms with Gasteiger partial charge in [0.25, 0.3) is 0 Å². The number of hydrogen-bond acceptors (Lipinski definition) is 6. The number of nitrogens with zero attached hydrogens (tertiary/aromatic N) is 2. The van der Waals surface area contributed by atoms with Crippen molar-refractivity contribution in [1.82, 2.24) is 15.2 Å². The normalized spacial score (nSPS) is 18.5. The third-order valence-electron chi connectivity index (χ3n) is 5.08. The molecule has 1 aliphatic heterocycles. The Balaban J connectivity index is 0.000000227. The number of aromatic nitrogens is 1. The van der Waals surface area contributed by atoms with E-state index in [4.69, 9.17) is 15.2 Å². The van der Waals surface area contributed by atoms with Crippen LogP contribution in [0.15, 0.2) is 23.0 Å². The molecule has 1 aromatic rings. The molecule has 27 heavy (non-hydrogen) atoms. The summed E-state index contributed by atoms with van der Waals surface area (Å²) in [7, 11) is 5.48. The topological polar surface area (TPSA) is 87.9 Å². The van der Waals surface area contributed by atoms with Crippen molar-refractivity contribution in [2.75, 3.05) is 47.6 Å². The first-order chi connectivity index (χ1) is 13.2. The average Bonchev–Trinajstić information content (AvgIpc) is 3.20. The molecule has 2 aliphatic rings. The van der Waals surface area contributed by atoms with Gasteiger partial charge in [-0.1, -0.05) is 19.3 Å². The van der Waals surface area contributed by atoms with Crippen LogP contribution in [0.25, 0.3) is 5.70 Å². The van der Waals surface area contributed by atoms with Crippen molar-refractivity contribution in [2.45, 2.75) is 32.1 Å².